The summed E-state index contributed by atoms with van der Waals surface area (Å²) >= 11 is 0. The third-order valence-corrected chi connectivity index (χ3v) is 6.96. The lowest BCUT2D eigenvalue weighted by atomic mass is 9.93. The maximum absolute atomic E-state index is 13.6. The molecule has 0 spiro atoms. The first kappa shape index (κ1) is 31.8. The summed E-state index contributed by atoms with van der Waals surface area (Å²) in [6.07, 6.45) is 3.24. The number of alkyl carbamates (subject to hydrolysis) is 1. The third kappa shape index (κ3) is 8.25. The SMILES string of the molecule is CCNC(=O)c1ccc(C)c(-n2ccnc(NC(C)(C)c3ccccc3OCCCNC(=O)OCc3ccccc3)c2=O)c1. The third-order valence-electron chi connectivity index (χ3n) is 6.96. The summed E-state index contributed by atoms with van der Waals surface area (Å²) in [5.41, 5.74) is 2.58. The smallest absolute Gasteiger partial charge is 0.407 e. The van der Waals surface area contributed by atoms with Gasteiger partial charge in [0.2, 0.25) is 0 Å². The van der Waals surface area contributed by atoms with E-state index in [1.807, 2.05) is 88.4 Å². The van der Waals surface area contributed by atoms with Crippen LogP contribution in [0, 0.1) is 6.92 Å². The highest BCUT2D eigenvalue weighted by atomic mass is 16.5. The molecule has 44 heavy (non-hydrogen) atoms. The number of aryl methyl sites for hydroxylation is 1. The molecule has 3 aromatic carbocycles. The van der Waals surface area contributed by atoms with Gasteiger partial charge in [0.1, 0.15) is 12.4 Å². The predicted molar refractivity (Wildman–Crippen MR) is 170 cm³/mol. The Morgan fingerprint density at radius 2 is 1.73 bits per heavy atom. The largest absolute Gasteiger partial charge is 0.493 e. The summed E-state index contributed by atoms with van der Waals surface area (Å²) in [6.45, 7) is 9.10. The number of anilines is 1. The second-order valence-electron chi connectivity index (χ2n) is 10.7. The average Bonchev–Trinajstić information content (AvgIpc) is 3.02. The Balaban J connectivity index is 1.40. The fourth-order valence-corrected chi connectivity index (χ4v) is 4.65. The van der Waals surface area contributed by atoms with Gasteiger partial charge in [-0.1, -0.05) is 54.6 Å². The Labute approximate surface area is 257 Å². The van der Waals surface area contributed by atoms with E-state index in [1.54, 1.807) is 24.5 Å². The van der Waals surface area contributed by atoms with Crippen molar-refractivity contribution in [3.8, 4) is 11.4 Å². The highest BCUT2D eigenvalue weighted by Gasteiger charge is 2.26. The molecule has 0 fully saturated rings. The molecule has 3 N–H and O–H groups in total. The van der Waals surface area contributed by atoms with Gasteiger partial charge in [-0.05, 0) is 63.4 Å². The summed E-state index contributed by atoms with van der Waals surface area (Å²) in [7, 11) is 0. The Morgan fingerprint density at radius 3 is 2.50 bits per heavy atom. The molecule has 0 aliphatic rings. The maximum atomic E-state index is 13.6. The molecule has 0 aliphatic heterocycles. The maximum Gasteiger partial charge on any atom is 0.407 e. The number of carbonyl (C=O) groups is 2. The van der Waals surface area contributed by atoms with Gasteiger partial charge in [-0.25, -0.2) is 9.78 Å². The Bertz CT molecular complexity index is 1630. The first-order valence-electron chi connectivity index (χ1n) is 14.6. The second-order valence-corrected chi connectivity index (χ2v) is 10.7. The van der Waals surface area contributed by atoms with Crippen molar-refractivity contribution < 1.29 is 19.1 Å². The van der Waals surface area contributed by atoms with Crippen molar-refractivity contribution in [3.63, 3.8) is 0 Å². The molecule has 0 atom stereocenters. The van der Waals surface area contributed by atoms with Crippen molar-refractivity contribution in [1.29, 1.82) is 0 Å². The topological polar surface area (TPSA) is 124 Å². The Hall–Kier alpha value is -5.12. The number of nitrogens with one attached hydrogen (secondary N) is 3. The molecule has 0 saturated carbocycles. The van der Waals surface area contributed by atoms with Crippen LogP contribution in [-0.2, 0) is 16.9 Å². The number of rotatable bonds is 13. The predicted octanol–water partition coefficient (Wildman–Crippen LogP) is 5.33. The van der Waals surface area contributed by atoms with Gasteiger partial charge in [-0.15, -0.1) is 0 Å². The molecule has 4 aromatic rings. The highest BCUT2D eigenvalue weighted by Crippen LogP contribution is 2.32. The van der Waals surface area contributed by atoms with Crippen molar-refractivity contribution >= 4 is 17.8 Å². The Kier molecular flexibility index (Phi) is 10.7. The van der Waals surface area contributed by atoms with E-state index in [2.05, 4.69) is 20.9 Å². The van der Waals surface area contributed by atoms with E-state index in [9.17, 15) is 14.4 Å². The number of benzene rings is 3. The number of hydrogen-bond acceptors (Lipinski definition) is 7. The van der Waals surface area contributed by atoms with E-state index in [0.29, 0.717) is 43.1 Å². The molecule has 1 heterocycles. The fraction of sp³-hybridized carbons (Fsp3) is 0.294. The molecular weight excluding hydrogens is 558 g/mol. The molecule has 4 rings (SSSR count). The molecular formula is C34H39N5O5. The first-order valence-corrected chi connectivity index (χ1v) is 14.6. The lowest BCUT2D eigenvalue weighted by molar-refractivity contribution is 0.0955. The number of amides is 2. The van der Waals surface area contributed by atoms with Crippen molar-refractivity contribution in [3.05, 3.63) is 118 Å². The lowest BCUT2D eigenvalue weighted by Crippen LogP contribution is -2.34. The van der Waals surface area contributed by atoms with E-state index in [0.717, 1.165) is 16.7 Å². The van der Waals surface area contributed by atoms with Crippen LogP contribution in [0.4, 0.5) is 10.6 Å². The fourth-order valence-electron chi connectivity index (χ4n) is 4.65. The quantitative estimate of drug-likeness (QED) is 0.178. The summed E-state index contributed by atoms with van der Waals surface area (Å²) in [6, 6.07) is 22.3. The zero-order valence-electron chi connectivity index (χ0n) is 25.6. The van der Waals surface area contributed by atoms with E-state index >= 15 is 0 Å². The summed E-state index contributed by atoms with van der Waals surface area (Å²) in [5.74, 6) is 0.609. The molecule has 0 unspecified atom stereocenters. The normalized spacial score (nSPS) is 11.0. The van der Waals surface area contributed by atoms with Crippen LogP contribution in [0.2, 0.25) is 0 Å². The van der Waals surface area contributed by atoms with Gasteiger partial charge in [-0.2, -0.15) is 0 Å². The summed E-state index contributed by atoms with van der Waals surface area (Å²) in [4.78, 5) is 42.4. The molecule has 1 aromatic heterocycles. The number of para-hydroxylation sites is 1. The number of ether oxygens (including phenoxy) is 2. The van der Waals surface area contributed by atoms with Crippen LogP contribution in [0.1, 0.15) is 54.2 Å². The van der Waals surface area contributed by atoms with Gasteiger partial charge < -0.3 is 25.4 Å². The summed E-state index contributed by atoms with van der Waals surface area (Å²) in [5, 5.41) is 8.83. The molecule has 0 radical (unpaired) electrons. The van der Waals surface area contributed by atoms with Crippen molar-refractivity contribution in [2.24, 2.45) is 0 Å². The van der Waals surface area contributed by atoms with Crippen LogP contribution in [0.3, 0.4) is 0 Å². The van der Waals surface area contributed by atoms with Gasteiger partial charge in [-0.3, -0.25) is 14.2 Å². The number of aromatic nitrogens is 2. The molecule has 0 aliphatic carbocycles. The Morgan fingerprint density at radius 1 is 0.977 bits per heavy atom. The molecule has 0 bridgehead atoms. The van der Waals surface area contributed by atoms with Crippen LogP contribution in [-0.4, -0.2) is 41.2 Å². The number of carbonyl (C=O) groups excluding carboxylic acids is 2. The van der Waals surface area contributed by atoms with E-state index in [4.69, 9.17) is 9.47 Å². The standard InChI is InChI=1S/C34H39N5O5/c1-5-35-31(40)26-17-16-24(2)28(22-26)39-20-19-36-30(32(39)41)38-34(3,4)27-14-9-10-15-29(27)43-21-11-18-37-33(42)44-23-25-12-7-6-8-13-25/h6-10,12-17,19-20,22H,5,11,18,21,23H2,1-4H3,(H,35,40)(H,36,38)(H,37,42). The molecule has 10 nitrogen and oxygen atoms in total. The molecule has 10 heteroatoms. The minimum atomic E-state index is -0.737. The van der Waals surface area contributed by atoms with Crippen LogP contribution >= 0.6 is 0 Å². The minimum absolute atomic E-state index is 0.160. The van der Waals surface area contributed by atoms with E-state index < -0.39 is 11.6 Å². The van der Waals surface area contributed by atoms with Crippen LogP contribution < -0.4 is 26.2 Å². The van der Waals surface area contributed by atoms with Gasteiger partial charge in [0.25, 0.3) is 11.5 Å². The number of nitrogens with zero attached hydrogens (tertiary/aromatic N) is 2. The van der Waals surface area contributed by atoms with E-state index in [1.165, 1.54) is 4.57 Å². The van der Waals surface area contributed by atoms with Crippen molar-refractivity contribution in [2.45, 2.75) is 46.3 Å². The average molecular weight is 598 g/mol. The van der Waals surface area contributed by atoms with Crippen LogP contribution in [0.5, 0.6) is 5.75 Å². The lowest BCUT2D eigenvalue weighted by Gasteiger charge is -2.29. The van der Waals surface area contributed by atoms with Gasteiger partial charge in [0, 0.05) is 36.6 Å². The van der Waals surface area contributed by atoms with Crippen molar-refractivity contribution in [2.75, 3.05) is 25.0 Å². The summed E-state index contributed by atoms with van der Waals surface area (Å²) < 4.78 is 12.8. The molecule has 0 saturated heterocycles. The van der Waals surface area contributed by atoms with Crippen LogP contribution in [0.15, 0.2) is 90.0 Å². The zero-order chi connectivity index (χ0) is 31.5. The second kappa shape index (κ2) is 14.9. The van der Waals surface area contributed by atoms with Gasteiger partial charge >= 0.3 is 6.09 Å². The van der Waals surface area contributed by atoms with Crippen LogP contribution in [0.25, 0.3) is 5.69 Å². The monoisotopic (exact) mass is 597 g/mol. The first-order chi connectivity index (χ1) is 21.2. The van der Waals surface area contributed by atoms with Crippen molar-refractivity contribution in [1.82, 2.24) is 20.2 Å². The molecule has 2 amide bonds. The minimum Gasteiger partial charge on any atom is -0.493 e. The van der Waals surface area contributed by atoms with Gasteiger partial charge in [0.15, 0.2) is 5.82 Å². The highest BCUT2D eigenvalue weighted by molar-refractivity contribution is 5.94. The van der Waals surface area contributed by atoms with Gasteiger partial charge in [0.05, 0.1) is 17.8 Å². The zero-order valence-corrected chi connectivity index (χ0v) is 25.6. The number of hydrogen-bond donors (Lipinski definition) is 3. The van der Waals surface area contributed by atoms with E-state index in [-0.39, 0.29) is 23.9 Å². The molecule has 230 valence electrons.